The van der Waals surface area contributed by atoms with Crippen molar-refractivity contribution in [2.45, 2.75) is 18.9 Å². The fourth-order valence-electron chi connectivity index (χ4n) is 3.68. The predicted molar refractivity (Wildman–Crippen MR) is 77.3 cm³/mol. The van der Waals surface area contributed by atoms with Gasteiger partial charge >= 0.3 is 0 Å². The molecule has 5 rings (SSSR count). The van der Waals surface area contributed by atoms with Crippen molar-refractivity contribution in [3.8, 4) is 0 Å². The molecular formula is C14H16ClFN4. The van der Waals surface area contributed by atoms with Crippen LogP contribution in [0.2, 0.25) is 5.02 Å². The van der Waals surface area contributed by atoms with Crippen LogP contribution in [0.5, 0.6) is 0 Å². The van der Waals surface area contributed by atoms with Crippen LogP contribution in [0, 0.1) is 11.7 Å². The Morgan fingerprint density at radius 2 is 2.05 bits per heavy atom. The quantitative estimate of drug-likeness (QED) is 0.879. The third-order valence-corrected chi connectivity index (χ3v) is 5.00. The number of anilines is 1. The molecule has 3 aliphatic heterocycles. The number of hydrogen-bond acceptors (Lipinski definition) is 3. The summed E-state index contributed by atoms with van der Waals surface area (Å²) in [6.07, 6.45) is 2.39. The van der Waals surface area contributed by atoms with Gasteiger partial charge in [-0.1, -0.05) is 11.6 Å². The van der Waals surface area contributed by atoms with Crippen molar-refractivity contribution in [3.05, 3.63) is 23.0 Å². The number of halogens is 2. The molecule has 0 saturated carbocycles. The molecule has 20 heavy (non-hydrogen) atoms. The van der Waals surface area contributed by atoms with Crippen molar-refractivity contribution in [3.63, 3.8) is 0 Å². The summed E-state index contributed by atoms with van der Waals surface area (Å²) < 4.78 is 15.6. The van der Waals surface area contributed by atoms with Gasteiger partial charge in [0.2, 0.25) is 5.95 Å². The van der Waals surface area contributed by atoms with Gasteiger partial charge in [0.15, 0.2) is 0 Å². The lowest BCUT2D eigenvalue weighted by molar-refractivity contribution is 0.0598. The zero-order valence-electron chi connectivity index (χ0n) is 11.0. The molecule has 0 aliphatic carbocycles. The molecular weight excluding hydrogens is 279 g/mol. The van der Waals surface area contributed by atoms with E-state index < -0.39 is 5.82 Å². The number of fused-ring (bicyclic) bond motifs is 4. The molecule has 4 nitrogen and oxygen atoms in total. The summed E-state index contributed by atoms with van der Waals surface area (Å²) in [6, 6.07) is 3.34. The van der Waals surface area contributed by atoms with Gasteiger partial charge in [-0.15, -0.1) is 0 Å². The first-order valence-electron chi connectivity index (χ1n) is 6.98. The van der Waals surface area contributed by atoms with Crippen LogP contribution in [0.3, 0.4) is 0 Å². The zero-order chi connectivity index (χ0) is 13.9. The fraction of sp³-hybridized carbons (Fsp3) is 0.500. The number of rotatable bonds is 1. The van der Waals surface area contributed by atoms with Crippen molar-refractivity contribution in [1.82, 2.24) is 14.5 Å². The van der Waals surface area contributed by atoms with E-state index in [4.69, 9.17) is 17.3 Å². The SMILES string of the molecule is Nc1nc2cc(F)c(Cl)cc2n1C1CN2CCC1CC2. The van der Waals surface area contributed by atoms with Crippen LogP contribution >= 0.6 is 11.6 Å². The first-order valence-corrected chi connectivity index (χ1v) is 7.36. The largest absolute Gasteiger partial charge is 0.369 e. The highest BCUT2D eigenvalue weighted by Crippen LogP contribution is 2.39. The van der Waals surface area contributed by atoms with Crippen molar-refractivity contribution in [2.75, 3.05) is 25.4 Å². The van der Waals surface area contributed by atoms with E-state index in [9.17, 15) is 4.39 Å². The van der Waals surface area contributed by atoms with Gasteiger partial charge in [-0.05, 0) is 37.9 Å². The van der Waals surface area contributed by atoms with Crippen molar-refractivity contribution >= 4 is 28.6 Å². The average molecular weight is 295 g/mol. The van der Waals surface area contributed by atoms with Crippen LogP contribution in [-0.4, -0.2) is 34.1 Å². The predicted octanol–water partition coefficient (Wildman–Crippen LogP) is 2.68. The van der Waals surface area contributed by atoms with E-state index in [1.165, 1.54) is 32.0 Å². The Kier molecular flexibility index (Phi) is 2.69. The van der Waals surface area contributed by atoms with E-state index in [0.29, 0.717) is 23.4 Å². The summed E-state index contributed by atoms with van der Waals surface area (Å²) in [4.78, 5) is 6.76. The molecule has 3 aliphatic rings. The number of piperidine rings is 3. The summed E-state index contributed by atoms with van der Waals surface area (Å²) in [5, 5.41) is 0.125. The van der Waals surface area contributed by atoms with Crippen molar-refractivity contribution in [1.29, 1.82) is 0 Å². The third-order valence-electron chi connectivity index (χ3n) is 4.71. The molecule has 4 heterocycles. The molecule has 0 amide bonds. The fourth-order valence-corrected chi connectivity index (χ4v) is 3.84. The molecule has 1 atom stereocenters. The molecule has 1 aromatic heterocycles. The number of hydrogen-bond donors (Lipinski definition) is 1. The lowest BCUT2D eigenvalue weighted by Gasteiger charge is -2.45. The van der Waals surface area contributed by atoms with E-state index in [2.05, 4.69) is 14.5 Å². The Hall–Kier alpha value is -1.33. The molecule has 3 saturated heterocycles. The maximum atomic E-state index is 13.6. The number of benzene rings is 1. The monoisotopic (exact) mass is 294 g/mol. The van der Waals surface area contributed by atoms with Crippen LogP contribution in [0.25, 0.3) is 11.0 Å². The number of imidazole rings is 1. The second-order valence-electron chi connectivity index (χ2n) is 5.80. The van der Waals surface area contributed by atoms with E-state index >= 15 is 0 Å². The van der Waals surface area contributed by atoms with Crippen LogP contribution in [0.15, 0.2) is 12.1 Å². The van der Waals surface area contributed by atoms with E-state index in [1.54, 1.807) is 6.07 Å². The minimum atomic E-state index is -0.447. The molecule has 1 aromatic carbocycles. The summed E-state index contributed by atoms with van der Waals surface area (Å²) in [5.41, 5.74) is 7.51. The van der Waals surface area contributed by atoms with Gasteiger partial charge in [0, 0.05) is 12.6 Å². The number of aromatic nitrogens is 2. The maximum Gasteiger partial charge on any atom is 0.201 e. The topological polar surface area (TPSA) is 47.1 Å². The lowest BCUT2D eigenvalue weighted by atomic mass is 9.84. The summed E-state index contributed by atoms with van der Waals surface area (Å²) in [5.74, 6) is 0.640. The van der Waals surface area contributed by atoms with Crippen LogP contribution in [-0.2, 0) is 0 Å². The maximum absolute atomic E-state index is 13.6. The van der Waals surface area contributed by atoms with E-state index in [1.807, 2.05) is 0 Å². The van der Waals surface area contributed by atoms with Crippen LogP contribution in [0.4, 0.5) is 10.3 Å². The van der Waals surface area contributed by atoms with Crippen molar-refractivity contribution in [2.24, 2.45) is 5.92 Å². The molecule has 0 spiro atoms. The van der Waals surface area contributed by atoms with Gasteiger partial charge in [0.1, 0.15) is 5.82 Å². The molecule has 6 heteroatoms. The van der Waals surface area contributed by atoms with Gasteiger partial charge in [0.25, 0.3) is 0 Å². The Morgan fingerprint density at radius 3 is 2.70 bits per heavy atom. The molecule has 0 radical (unpaired) electrons. The molecule has 2 bridgehead atoms. The Labute approximate surface area is 121 Å². The summed E-state index contributed by atoms with van der Waals surface area (Å²) in [6.45, 7) is 3.33. The van der Waals surface area contributed by atoms with Gasteiger partial charge < -0.3 is 15.2 Å². The first kappa shape index (κ1) is 12.4. The molecule has 2 N–H and O–H groups in total. The highest BCUT2D eigenvalue weighted by atomic mass is 35.5. The van der Waals surface area contributed by atoms with Gasteiger partial charge in [-0.3, -0.25) is 0 Å². The normalized spacial score (nSPS) is 29.2. The van der Waals surface area contributed by atoms with Gasteiger partial charge in [-0.25, -0.2) is 9.37 Å². The average Bonchev–Trinajstić information content (AvgIpc) is 2.76. The Morgan fingerprint density at radius 1 is 1.30 bits per heavy atom. The third kappa shape index (κ3) is 1.73. The first-order chi connectivity index (χ1) is 9.63. The summed E-state index contributed by atoms with van der Waals surface area (Å²) in [7, 11) is 0. The molecule has 1 unspecified atom stereocenters. The highest BCUT2D eigenvalue weighted by molar-refractivity contribution is 6.31. The summed E-state index contributed by atoms with van der Waals surface area (Å²) >= 11 is 5.92. The zero-order valence-corrected chi connectivity index (χ0v) is 11.8. The number of nitrogens with zero attached hydrogens (tertiary/aromatic N) is 3. The smallest absolute Gasteiger partial charge is 0.201 e. The van der Waals surface area contributed by atoms with E-state index in [0.717, 1.165) is 12.1 Å². The Bertz CT molecular complexity index is 675. The van der Waals surface area contributed by atoms with Crippen LogP contribution in [0.1, 0.15) is 18.9 Å². The molecule has 106 valence electrons. The van der Waals surface area contributed by atoms with Gasteiger partial charge in [-0.2, -0.15) is 0 Å². The van der Waals surface area contributed by atoms with Crippen LogP contribution < -0.4 is 5.73 Å². The Balaban J connectivity index is 1.87. The molecule has 2 aromatic rings. The van der Waals surface area contributed by atoms with Gasteiger partial charge in [0.05, 0.1) is 22.1 Å². The standard InChI is InChI=1S/C14H16ClFN4/c15-9-5-12-11(6-10(9)16)18-14(17)20(12)13-7-19-3-1-8(13)2-4-19/h5-6,8,13H,1-4,7H2,(H2,17,18). The number of nitrogen functional groups attached to an aromatic ring is 1. The minimum absolute atomic E-state index is 0.125. The number of nitrogens with two attached hydrogens (primary N) is 1. The highest BCUT2D eigenvalue weighted by Gasteiger charge is 2.36. The second kappa shape index (κ2) is 4.33. The van der Waals surface area contributed by atoms with E-state index in [-0.39, 0.29) is 5.02 Å². The molecule has 3 fully saturated rings. The minimum Gasteiger partial charge on any atom is -0.369 e. The lowest BCUT2D eigenvalue weighted by Crippen LogP contribution is -2.48. The second-order valence-corrected chi connectivity index (χ2v) is 6.21. The van der Waals surface area contributed by atoms with Crippen molar-refractivity contribution < 1.29 is 4.39 Å².